The van der Waals surface area contributed by atoms with E-state index in [1.54, 1.807) is 0 Å². The van der Waals surface area contributed by atoms with Crippen molar-refractivity contribution in [1.82, 2.24) is 20.6 Å². The standard InChI is InChI=1S/C29H40N4O3.CO2/c1-18-12-13-23-25(14-18)33-27(35-22-15-19(2)30-17-22)24(32-23)11-9-7-8-10-21-16-26(21)36-28(34)31-20(3)29(4,5)6;2-1-3/h12-14,19-22,26,30H,7-8,10,15-17H2,1-6H3,(H,31,34);/t19-,20-,21-,22?,26-;/m1./s1. The number of nitrogens with zero attached hydrogens (tertiary/aromatic N) is 2. The Kier molecular flexibility index (Phi) is 10.4. The molecule has 2 heterocycles. The SMILES string of the molecule is Cc1ccc2nc(C#CCCC[C@@H]3C[C@H]3OC(=O)N[C@H](C)C(C)(C)C)c(OC3CN[C@H](C)C3)nc2c1.O=C=O. The second kappa shape index (κ2) is 13.5. The van der Waals surface area contributed by atoms with Crippen LogP contribution in [-0.2, 0) is 14.3 Å². The number of amides is 1. The zero-order valence-electron chi connectivity index (χ0n) is 23.8. The number of unbranched alkanes of at least 4 members (excludes halogenated alkanes) is 1. The number of nitrogens with one attached hydrogen (secondary N) is 2. The maximum Gasteiger partial charge on any atom is 0.407 e. The van der Waals surface area contributed by atoms with Gasteiger partial charge in [0.25, 0.3) is 0 Å². The molecule has 0 bridgehead atoms. The molecule has 9 nitrogen and oxygen atoms in total. The molecule has 5 atom stereocenters. The maximum absolute atomic E-state index is 12.1. The lowest BCUT2D eigenvalue weighted by atomic mass is 9.88. The van der Waals surface area contributed by atoms with Crippen molar-refractivity contribution in [3.63, 3.8) is 0 Å². The first-order valence-electron chi connectivity index (χ1n) is 13.6. The van der Waals surface area contributed by atoms with Crippen LogP contribution in [-0.4, -0.2) is 53.0 Å². The fourth-order valence-corrected chi connectivity index (χ4v) is 4.28. The molecule has 2 aliphatic rings. The molecule has 2 fully saturated rings. The minimum absolute atomic E-state index is 0.00627. The number of alkyl carbamates (subject to hydrolysis) is 1. The fourth-order valence-electron chi connectivity index (χ4n) is 4.28. The summed E-state index contributed by atoms with van der Waals surface area (Å²) in [7, 11) is 0. The number of carbonyl (C=O) groups excluding carboxylic acids is 3. The molecule has 0 spiro atoms. The molecule has 210 valence electrons. The predicted molar refractivity (Wildman–Crippen MR) is 147 cm³/mol. The number of hydrogen-bond acceptors (Lipinski definition) is 8. The van der Waals surface area contributed by atoms with E-state index >= 15 is 0 Å². The zero-order valence-corrected chi connectivity index (χ0v) is 23.8. The lowest BCUT2D eigenvalue weighted by molar-refractivity contribution is -0.191. The van der Waals surface area contributed by atoms with Crippen LogP contribution in [0.2, 0.25) is 0 Å². The van der Waals surface area contributed by atoms with E-state index < -0.39 is 0 Å². The van der Waals surface area contributed by atoms with Crippen molar-refractivity contribution in [3.8, 4) is 17.7 Å². The van der Waals surface area contributed by atoms with E-state index in [1.807, 2.05) is 32.0 Å². The molecule has 39 heavy (non-hydrogen) atoms. The average molecular weight is 537 g/mol. The van der Waals surface area contributed by atoms with Gasteiger partial charge in [0.2, 0.25) is 5.88 Å². The second-order valence-electron chi connectivity index (χ2n) is 11.6. The number of ether oxygens (including phenoxy) is 2. The summed E-state index contributed by atoms with van der Waals surface area (Å²) in [6.07, 6.45) is 4.64. The first kappa shape index (κ1) is 30.1. The Morgan fingerprint density at radius 1 is 1.21 bits per heavy atom. The van der Waals surface area contributed by atoms with E-state index in [-0.39, 0.29) is 35.9 Å². The van der Waals surface area contributed by atoms with Crippen LogP contribution in [0.4, 0.5) is 4.79 Å². The third-order valence-corrected chi connectivity index (χ3v) is 7.21. The molecule has 0 radical (unpaired) electrons. The Morgan fingerprint density at radius 2 is 1.95 bits per heavy atom. The van der Waals surface area contributed by atoms with Gasteiger partial charge in [-0.25, -0.2) is 14.8 Å². The van der Waals surface area contributed by atoms with Crippen LogP contribution in [0.5, 0.6) is 5.88 Å². The Morgan fingerprint density at radius 3 is 2.62 bits per heavy atom. The number of rotatable bonds is 7. The van der Waals surface area contributed by atoms with Crippen molar-refractivity contribution < 1.29 is 23.9 Å². The quantitative estimate of drug-likeness (QED) is 0.391. The summed E-state index contributed by atoms with van der Waals surface area (Å²) < 4.78 is 11.8. The highest BCUT2D eigenvalue weighted by molar-refractivity contribution is 5.76. The Bertz CT molecular complexity index is 1240. The van der Waals surface area contributed by atoms with Crippen LogP contribution >= 0.6 is 0 Å². The minimum atomic E-state index is -0.311. The van der Waals surface area contributed by atoms with Gasteiger partial charge < -0.3 is 20.1 Å². The highest BCUT2D eigenvalue weighted by Crippen LogP contribution is 2.38. The van der Waals surface area contributed by atoms with Gasteiger partial charge in [-0.15, -0.1) is 0 Å². The molecule has 1 aliphatic carbocycles. The highest BCUT2D eigenvalue weighted by Gasteiger charge is 2.40. The van der Waals surface area contributed by atoms with E-state index in [1.165, 1.54) is 0 Å². The van der Waals surface area contributed by atoms with Gasteiger partial charge in [0.15, 0.2) is 5.69 Å². The van der Waals surface area contributed by atoms with Crippen LogP contribution in [0.25, 0.3) is 11.0 Å². The van der Waals surface area contributed by atoms with E-state index in [4.69, 9.17) is 29.0 Å². The molecule has 1 aromatic heterocycles. The average Bonchev–Trinajstić information content (AvgIpc) is 3.45. The van der Waals surface area contributed by atoms with Crippen LogP contribution in [0.15, 0.2) is 18.2 Å². The van der Waals surface area contributed by atoms with E-state index in [9.17, 15) is 4.79 Å². The van der Waals surface area contributed by atoms with Crippen LogP contribution in [0, 0.1) is 30.1 Å². The van der Waals surface area contributed by atoms with E-state index in [0.29, 0.717) is 23.5 Å². The van der Waals surface area contributed by atoms with Crippen molar-refractivity contribution >= 4 is 23.3 Å². The van der Waals surface area contributed by atoms with Gasteiger partial charge in [-0.3, -0.25) is 0 Å². The normalized spacial score (nSPS) is 22.4. The van der Waals surface area contributed by atoms with Crippen molar-refractivity contribution in [2.24, 2.45) is 11.3 Å². The summed E-state index contributed by atoms with van der Waals surface area (Å²) in [5, 5.41) is 6.36. The second-order valence-corrected chi connectivity index (χ2v) is 11.6. The molecule has 2 N–H and O–H groups in total. The Hall–Kier alpha value is -3.47. The zero-order chi connectivity index (χ0) is 28.6. The monoisotopic (exact) mass is 536 g/mol. The third kappa shape index (κ3) is 9.35. The topological polar surface area (TPSA) is 120 Å². The summed E-state index contributed by atoms with van der Waals surface area (Å²) in [6, 6.07) is 6.54. The number of fused-ring (bicyclic) bond motifs is 1. The lowest BCUT2D eigenvalue weighted by Crippen LogP contribution is -2.42. The molecule has 1 saturated heterocycles. The number of hydrogen-bond donors (Lipinski definition) is 2. The smallest absolute Gasteiger partial charge is 0.407 e. The molecule has 4 rings (SSSR count). The molecule has 1 amide bonds. The summed E-state index contributed by atoms with van der Waals surface area (Å²) in [4.78, 5) is 37.9. The Balaban J connectivity index is 0.00000134. The third-order valence-electron chi connectivity index (χ3n) is 7.21. The molecule has 1 saturated carbocycles. The molecule has 9 heteroatoms. The largest absolute Gasteiger partial charge is 0.471 e. The van der Waals surface area contributed by atoms with Gasteiger partial charge in [-0.2, -0.15) is 9.59 Å². The fraction of sp³-hybridized carbons (Fsp3) is 0.600. The summed E-state index contributed by atoms with van der Waals surface area (Å²) in [5.41, 5.74) is 3.40. The highest BCUT2D eigenvalue weighted by atomic mass is 16.6. The van der Waals surface area contributed by atoms with Gasteiger partial charge in [0.1, 0.15) is 12.2 Å². The van der Waals surface area contributed by atoms with Gasteiger partial charge in [0, 0.05) is 31.5 Å². The Labute approximate surface area is 230 Å². The molecular formula is C30H40N4O5. The van der Waals surface area contributed by atoms with Crippen molar-refractivity contribution in [2.45, 2.75) is 97.9 Å². The molecule has 1 unspecified atom stereocenters. The molecule has 1 aliphatic heterocycles. The first-order chi connectivity index (χ1) is 18.5. The van der Waals surface area contributed by atoms with Gasteiger partial charge in [-0.05, 0) is 75.0 Å². The summed E-state index contributed by atoms with van der Waals surface area (Å²) in [6.45, 7) is 13.3. The number of aryl methyl sites for hydroxylation is 1. The van der Waals surface area contributed by atoms with Crippen molar-refractivity contribution in [1.29, 1.82) is 0 Å². The minimum Gasteiger partial charge on any atom is -0.471 e. The van der Waals surface area contributed by atoms with Crippen LogP contribution in [0.1, 0.15) is 78.0 Å². The number of carbonyl (C=O) groups is 1. The van der Waals surface area contributed by atoms with Gasteiger partial charge >= 0.3 is 12.2 Å². The number of benzene rings is 1. The van der Waals surface area contributed by atoms with Gasteiger partial charge in [0.05, 0.1) is 11.0 Å². The number of aromatic nitrogens is 2. The predicted octanol–water partition coefficient (Wildman–Crippen LogP) is 4.56. The van der Waals surface area contributed by atoms with E-state index in [2.05, 4.69) is 50.2 Å². The lowest BCUT2D eigenvalue weighted by Gasteiger charge is -2.27. The van der Waals surface area contributed by atoms with Crippen LogP contribution in [0.3, 0.4) is 0 Å². The van der Waals surface area contributed by atoms with E-state index in [0.717, 1.165) is 55.2 Å². The molecule has 1 aromatic carbocycles. The molecule has 2 aromatic rings. The maximum atomic E-state index is 12.1. The van der Waals surface area contributed by atoms with Crippen molar-refractivity contribution in [2.75, 3.05) is 6.54 Å². The molecular weight excluding hydrogens is 496 g/mol. The van der Waals surface area contributed by atoms with Crippen LogP contribution < -0.4 is 15.4 Å². The van der Waals surface area contributed by atoms with Crippen molar-refractivity contribution in [3.05, 3.63) is 29.5 Å². The summed E-state index contributed by atoms with van der Waals surface area (Å²) in [5.74, 6) is 7.43. The summed E-state index contributed by atoms with van der Waals surface area (Å²) >= 11 is 0. The van der Waals surface area contributed by atoms with Gasteiger partial charge in [-0.1, -0.05) is 32.8 Å². The first-order valence-corrected chi connectivity index (χ1v) is 13.6.